The van der Waals surface area contributed by atoms with Crippen molar-refractivity contribution in [1.82, 2.24) is 0 Å². The van der Waals surface area contributed by atoms with Crippen LogP contribution in [0.4, 0.5) is 10.7 Å². The van der Waals surface area contributed by atoms with E-state index >= 15 is 0 Å². The Kier molecular flexibility index (Phi) is 4.58. The fourth-order valence-corrected chi connectivity index (χ4v) is 4.02. The maximum absolute atomic E-state index is 11.2. The van der Waals surface area contributed by atoms with Gasteiger partial charge in [-0.3, -0.25) is 10.1 Å². The number of anilines is 1. The fourth-order valence-electron chi connectivity index (χ4n) is 2.90. The van der Waals surface area contributed by atoms with Crippen LogP contribution >= 0.6 is 11.3 Å². The molecule has 1 unspecified atom stereocenters. The minimum Gasteiger partial charge on any atom is -0.388 e. The van der Waals surface area contributed by atoms with Crippen molar-refractivity contribution >= 4 is 22.0 Å². The van der Waals surface area contributed by atoms with E-state index in [9.17, 15) is 15.2 Å². The Morgan fingerprint density at radius 2 is 2.00 bits per heavy atom. The van der Waals surface area contributed by atoms with Crippen LogP contribution in [-0.2, 0) is 0 Å². The van der Waals surface area contributed by atoms with E-state index in [2.05, 4.69) is 25.7 Å². The lowest BCUT2D eigenvalue weighted by molar-refractivity contribution is -0.383. The third kappa shape index (κ3) is 3.55. The maximum atomic E-state index is 11.2. The number of hydrogen-bond acceptors (Lipinski definition) is 5. The van der Waals surface area contributed by atoms with Gasteiger partial charge >= 0.3 is 5.69 Å². The molecule has 1 fully saturated rings. The Morgan fingerprint density at radius 3 is 2.43 bits per heavy atom. The van der Waals surface area contributed by atoms with E-state index in [1.54, 1.807) is 6.92 Å². The van der Waals surface area contributed by atoms with Crippen LogP contribution in [0.5, 0.6) is 0 Å². The summed E-state index contributed by atoms with van der Waals surface area (Å²) in [5, 5.41) is 21.6. The molecule has 5 nitrogen and oxygen atoms in total. The number of nitrogens with zero attached hydrogens (tertiary/aromatic N) is 2. The van der Waals surface area contributed by atoms with Gasteiger partial charge in [-0.2, -0.15) is 0 Å². The molecule has 0 spiro atoms. The minimum atomic E-state index is -0.658. The van der Waals surface area contributed by atoms with Crippen LogP contribution < -0.4 is 4.90 Å². The van der Waals surface area contributed by atoms with Crippen molar-refractivity contribution in [3.05, 3.63) is 21.1 Å². The van der Waals surface area contributed by atoms with Gasteiger partial charge in [0.15, 0.2) is 5.00 Å². The molecule has 0 amide bonds. The molecule has 1 aromatic rings. The quantitative estimate of drug-likeness (QED) is 0.677. The van der Waals surface area contributed by atoms with Gasteiger partial charge in [0, 0.05) is 24.0 Å². The predicted molar refractivity (Wildman–Crippen MR) is 86.0 cm³/mol. The summed E-state index contributed by atoms with van der Waals surface area (Å²) in [6.45, 7) is 10.1. The van der Waals surface area contributed by atoms with Crippen molar-refractivity contribution in [3.63, 3.8) is 0 Å². The largest absolute Gasteiger partial charge is 0.388 e. The van der Waals surface area contributed by atoms with Crippen molar-refractivity contribution in [3.8, 4) is 0 Å². The van der Waals surface area contributed by atoms with Crippen LogP contribution in [-0.4, -0.2) is 23.1 Å². The lowest BCUT2D eigenvalue weighted by Crippen LogP contribution is -2.37. The van der Waals surface area contributed by atoms with Crippen molar-refractivity contribution in [2.24, 2.45) is 11.3 Å². The summed E-state index contributed by atoms with van der Waals surface area (Å²) in [7, 11) is 0. The molecular formula is C15H24N2O3S. The summed E-state index contributed by atoms with van der Waals surface area (Å²) in [4.78, 5) is 13.7. The molecule has 118 valence electrons. The summed E-state index contributed by atoms with van der Waals surface area (Å²) >= 11 is 1.35. The lowest BCUT2D eigenvalue weighted by Gasteiger charge is -2.38. The number of aliphatic hydroxyl groups excluding tert-OH is 1. The molecule has 1 saturated heterocycles. The maximum Gasteiger partial charge on any atom is 0.304 e. The van der Waals surface area contributed by atoms with E-state index in [1.807, 2.05) is 0 Å². The molecular weight excluding hydrogens is 288 g/mol. The van der Waals surface area contributed by atoms with Crippen molar-refractivity contribution in [2.75, 3.05) is 18.0 Å². The zero-order valence-electron chi connectivity index (χ0n) is 13.1. The fraction of sp³-hybridized carbons (Fsp3) is 0.733. The molecule has 1 N–H and O–H groups in total. The Morgan fingerprint density at radius 1 is 1.43 bits per heavy atom. The number of rotatable bonds is 3. The third-order valence-electron chi connectivity index (χ3n) is 4.33. The molecule has 0 aromatic carbocycles. The molecule has 0 saturated carbocycles. The molecule has 1 aliphatic heterocycles. The highest BCUT2D eigenvalue weighted by Crippen LogP contribution is 2.43. The van der Waals surface area contributed by atoms with Crippen LogP contribution in [0.2, 0.25) is 0 Å². The highest BCUT2D eigenvalue weighted by atomic mass is 32.1. The summed E-state index contributed by atoms with van der Waals surface area (Å²) in [6.07, 6.45) is 1.46. The van der Waals surface area contributed by atoms with Gasteiger partial charge in [0.25, 0.3) is 0 Å². The van der Waals surface area contributed by atoms with E-state index in [0.29, 0.717) is 15.8 Å². The first-order chi connectivity index (χ1) is 9.70. The third-order valence-corrected chi connectivity index (χ3v) is 5.68. The standard InChI is InChI=1S/C15H24N2O3S/c1-10(18)13-9-12(17(19)20)14(21-13)16-7-5-11(6-8-16)15(2,3)4/h9-11,18H,5-8H2,1-4H3. The molecule has 0 radical (unpaired) electrons. The van der Waals surface area contributed by atoms with Crippen LogP contribution in [0.15, 0.2) is 6.07 Å². The minimum absolute atomic E-state index is 0.130. The zero-order chi connectivity index (χ0) is 15.8. The van der Waals surface area contributed by atoms with Gasteiger partial charge < -0.3 is 10.0 Å². The Hall–Kier alpha value is -1.14. The molecule has 0 aliphatic carbocycles. The average molecular weight is 312 g/mol. The summed E-state index contributed by atoms with van der Waals surface area (Å²) in [5.74, 6) is 0.656. The van der Waals surface area contributed by atoms with Crippen LogP contribution in [0.3, 0.4) is 0 Å². The van der Waals surface area contributed by atoms with Gasteiger partial charge in [-0.15, -0.1) is 11.3 Å². The SMILES string of the molecule is CC(O)c1cc([N+](=O)[O-])c(N2CCC(C(C)(C)C)CC2)s1. The number of aliphatic hydroxyl groups is 1. The van der Waals surface area contributed by atoms with Crippen molar-refractivity contribution < 1.29 is 10.0 Å². The normalized spacial score (nSPS) is 18.8. The van der Waals surface area contributed by atoms with E-state index in [4.69, 9.17) is 0 Å². The monoisotopic (exact) mass is 312 g/mol. The highest BCUT2D eigenvalue weighted by molar-refractivity contribution is 7.16. The smallest absolute Gasteiger partial charge is 0.304 e. The molecule has 2 heterocycles. The first-order valence-electron chi connectivity index (χ1n) is 7.41. The molecule has 1 aliphatic rings. The number of piperidine rings is 1. The lowest BCUT2D eigenvalue weighted by atomic mass is 9.75. The van der Waals surface area contributed by atoms with Gasteiger partial charge in [0.2, 0.25) is 0 Å². The van der Waals surface area contributed by atoms with Crippen LogP contribution in [0.25, 0.3) is 0 Å². The summed E-state index contributed by atoms with van der Waals surface area (Å²) < 4.78 is 0. The Balaban J connectivity index is 2.18. The number of nitro groups is 1. The number of hydrogen-bond donors (Lipinski definition) is 1. The Labute approximate surface area is 129 Å². The predicted octanol–water partition coefficient (Wildman–Crippen LogP) is 3.97. The van der Waals surface area contributed by atoms with Crippen molar-refractivity contribution in [2.45, 2.75) is 46.6 Å². The number of thiophene rings is 1. The van der Waals surface area contributed by atoms with E-state index in [0.717, 1.165) is 25.9 Å². The topological polar surface area (TPSA) is 66.6 Å². The molecule has 1 aromatic heterocycles. The van der Waals surface area contributed by atoms with Crippen LogP contribution in [0, 0.1) is 21.4 Å². The second kappa shape index (κ2) is 5.93. The average Bonchev–Trinajstić information content (AvgIpc) is 2.83. The van der Waals surface area contributed by atoms with Gasteiger partial charge in [0.05, 0.1) is 11.0 Å². The Bertz CT molecular complexity index is 511. The van der Waals surface area contributed by atoms with Crippen LogP contribution in [0.1, 0.15) is 51.5 Å². The van der Waals surface area contributed by atoms with Gasteiger partial charge in [-0.1, -0.05) is 20.8 Å². The van der Waals surface area contributed by atoms with Gasteiger partial charge in [-0.05, 0) is 31.1 Å². The van der Waals surface area contributed by atoms with E-state index in [1.165, 1.54) is 17.4 Å². The summed E-state index contributed by atoms with van der Waals surface area (Å²) in [5.41, 5.74) is 0.420. The molecule has 1 atom stereocenters. The molecule has 0 bridgehead atoms. The van der Waals surface area contributed by atoms with Gasteiger partial charge in [0.1, 0.15) is 0 Å². The van der Waals surface area contributed by atoms with Gasteiger partial charge in [-0.25, -0.2) is 0 Å². The zero-order valence-corrected chi connectivity index (χ0v) is 13.9. The first-order valence-corrected chi connectivity index (χ1v) is 8.23. The van der Waals surface area contributed by atoms with E-state index < -0.39 is 6.10 Å². The first kappa shape index (κ1) is 16.2. The second-order valence-electron chi connectivity index (χ2n) is 6.90. The van der Waals surface area contributed by atoms with Crippen molar-refractivity contribution in [1.29, 1.82) is 0 Å². The highest BCUT2D eigenvalue weighted by Gasteiger charge is 2.32. The molecule has 2 rings (SSSR count). The van der Waals surface area contributed by atoms with E-state index in [-0.39, 0.29) is 16.0 Å². The second-order valence-corrected chi connectivity index (χ2v) is 7.96. The molecule has 6 heteroatoms. The summed E-state index contributed by atoms with van der Waals surface area (Å²) in [6, 6.07) is 1.51. The molecule has 21 heavy (non-hydrogen) atoms.